The van der Waals surface area contributed by atoms with E-state index in [0.29, 0.717) is 5.92 Å². The van der Waals surface area contributed by atoms with Crippen molar-refractivity contribution in [3.63, 3.8) is 0 Å². The highest BCUT2D eigenvalue weighted by Crippen LogP contribution is 2.34. The first-order valence-corrected chi connectivity index (χ1v) is 11.9. The summed E-state index contributed by atoms with van der Waals surface area (Å²) in [6.07, 6.45) is 9.01. The lowest BCUT2D eigenvalue weighted by Gasteiger charge is -2.35. The topological polar surface area (TPSA) is 88.5 Å². The van der Waals surface area contributed by atoms with Gasteiger partial charge in [0.05, 0.1) is 11.7 Å². The number of hydrogen-bond acceptors (Lipinski definition) is 4. The molecular formula is C26H31FN2O4. The molecule has 2 aliphatic carbocycles. The number of carboxylic acid groups (broad SMARTS) is 1. The van der Waals surface area contributed by atoms with Crippen molar-refractivity contribution in [2.24, 2.45) is 5.92 Å². The second-order valence-electron chi connectivity index (χ2n) is 9.12. The molecule has 4 rings (SSSR count). The minimum absolute atomic E-state index is 0.128. The molecule has 1 saturated carbocycles. The fraction of sp³-hybridized carbons (Fsp3) is 0.500. The van der Waals surface area contributed by atoms with Gasteiger partial charge >= 0.3 is 5.97 Å². The molecule has 1 fully saturated rings. The minimum atomic E-state index is -1.16. The van der Waals surface area contributed by atoms with Crippen molar-refractivity contribution in [1.29, 1.82) is 0 Å². The van der Waals surface area contributed by atoms with Crippen LogP contribution >= 0.6 is 0 Å². The first kappa shape index (κ1) is 23.4. The van der Waals surface area contributed by atoms with Crippen LogP contribution in [0.2, 0.25) is 0 Å². The first-order chi connectivity index (χ1) is 16.0. The third kappa shape index (κ3) is 6.16. The monoisotopic (exact) mass is 454 g/mol. The Morgan fingerprint density at radius 3 is 2.73 bits per heavy atom. The number of nitrogens with zero attached hydrogens (tertiary/aromatic N) is 1. The number of carboxylic acids is 1. The normalized spacial score (nSPS) is 20.4. The van der Waals surface area contributed by atoms with Crippen LogP contribution in [0.3, 0.4) is 0 Å². The molecular weight excluding hydrogens is 423 g/mol. The summed E-state index contributed by atoms with van der Waals surface area (Å²) in [5, 5.41) is 11.8. The summed E-state index contributed by atoms with van der Waals surface area (Å²) in [7, 11) is 0. The van der Waals surface area contributed by atoms with Crippen LogP contribution in [0.1, 0.15) is 65.8 Å². The first-order valence-electron chi connectivity index (χ1n) is 11.9. The quantitative estimate of drug-likeness (QED) is 0.564. The molecule has 0 bridgehead atoms. The highest BCUT2D eigenvalue weighted by molar-refractivity contribution is 5.96. The summed E-state index contributed by atoms with van der Waals surface area (Å²) in [4.78, 5) is 28.6. The number of nitrogens with one attached hydrogen (secondary N) is 1. The number of benzene rings is 1. The van der Waals surface area contributed by atoms with Crippen molar-refractivity contribution < 1.29 is 23.8 Å². The van der Waals surface area contributed by atoms with E-state index in [9.17, 15) is 19.1 Å². The van der Waals surface area contributed by atoms with Gasteiger partial charge in [0, 0.05) is 24.4 Å². The van der Waals surface area contributed by atoms with Gasteiger partial charge in [-0.2, -0.15) is 0 Å². The van der Waals surface area contributed by atoms with Gasteiger partial charge in [-0.1, -0.05) is 18.2 Å². The van der Waals surface area contributed by atoms with Crippen molar-refractivity contribution in [1.82, 2.24) is 10.3 Å². The van der Waals surface area contributed by atoms with E-state index in [1.165, 1.54) is 54.1 Å². The lowest BCUT2D eigenvalue weighted by Crippen LogP contribution is -2.42. The zero-order chi connectivity index (χ0) is 23.2. The van der Waals surface area contributed by atoms with Crippen molar-refractivity contribution in [2.45, 2.75) is 69.9 Å². The fourth-order valence-electron chi connectivity index (χ4n) is 4.66. The molecule has 176 valence electrons. The van der Waals surface area contributed by atoms with Gasteiger partial charge in [0.2, 0.25) is 0 Å². The van der Waals surface area contributed by atoms with Crippen molar-refractivity contribution in [3.8, 4) is 0 Å². The molecule has 1 aromatic heterocycles. The van der Waals surface area contributed by atoms with Crippen LogP contribution in [0.15, 0.2) is 36.4 Å². The van der Waals surface area contributed by atoms with Crippen LogP contribution in [0.4, 0.5) is 4.39 Å². The number of aliphatic carboxylic acids is 1. The van der Waals surface area contributed by atoms with Gasteiger partial charge in [-0.25, -0.2) is 9.18 Å². The molecule has 1 unspecified atom stereocenters. The van der Waals surface area contributed by atoms with E-state index in [0.717, 1.165) is 38.5 Å². The zero-order valence-electron chi connectivity index (χ0n) is 18.8. The number of rotatable bonds is 10. The van der Waals surface area contributed by atoms with E-state index >= 15 is 0 Å². The van der Waals surface area contributed by atoms with Gasteiger partial charge in [0.1, 0.15) is 11.9 Å². The molecule has 1 atom stereocenters. The Hall–Kier alpha value is -2.80. The number of amides is 1. The molecule has 0 saturated heterocycles. The highest BCUT2D eigenvalue weighted by atomic mass is 19.1. The number of pyridine rings is 1. The number of carbonyl (C=O) groups excluding carboxylic acids is 1. The largest absolute Gasteiger partial charge is 0.480 e. The molecule has 7 heteroatoms. The number of carbonyl (C=O) groups is 2. The van der Waals surface area contributed by atoms with E-state index in [1.54, 1.807) is 0 Å². The van der Waals surface area contributed by atoms with Gasteiger partial charge < -0.3 is 15.2 Å². The third-order valence-electron chi connectivity index (χ3n) is 6.72. The van der Waals surface area contributed by atoms with Crippen molar-refractivity contribution in [3.05, 3.63) is 64.7 Å². The third-order valence-corrected chi connectivity index (χ3v) is 6.72. The maximum atomic E-state index is 13.7. The number of fused-ring (bicyclic) bond motifs is 1. The molecule has 1 amide bonds. The number of aromatic nitrogens is 1. The summed E-state index contributed by atoms with van der Waals surface area (Å²) in [5.41, 5.74) is 3.70. The van der Waals surface area contributed by atoms with E-state index in [1.807, 2.05) is 0 Å². The van der Waals surface area contributed by atoms with Gasteiger partial charge in [-0.05, 0) is 81.0 Å². The summed E-state index contributed by atoms with van der Waals surface area (Å²) in [6, 6.07) is 8.79. The standard InChI is InChI=1S/C26H31FN2O4/c27-22-7-3-2-6-21(22)25(30)29-24(26(31)32)13-14-33-20-15-17(16-20)9-11-19-12-10-18-5-1-4-8-23(18)28-19/h2-3,6-7,10,12,17,20,24H,1,4-5,8-9,11,13-16H2,(H,29,30)(H,31,32). The number of halogens is 1. The van der Waals surface area contributed by atoms with Gasteiger partial charge in [-0.15, -0.1) is 0 Å². The average Bonchev–Trinajstić information content (AvgIpc) is 2.79. The molecule has 2 aliphatic rings. The van der Waals surface area contributed by atoms with Gasteiger partial charge in [0.15, 0.2) is 0 Å². The van der Waals surface area contributed by atoms with Crippen LogP contribution in [-0.4, -0.2) is 40.7 Å². The Bertz CT molecular complexity index is 990. The van der Waals surface area contributed by atoms with Crippen molar-refractivity contribution in [2.75, 3.05) is 6.61 Å². The second-order valence-corrected chi connectivity index (χ2v) is 9.12. The lowest BCUT2D eigenvalue weighted by molar-refractivity contribution is -0.140. The lowest BCUT2D eigenvalue weighted by atomic mass is 9.79. The van der Waals surface area contributed by atoms with Crippen LogP contribution in [0.5, 0.6) is 0 Å². The summed E-state index contributed by atoms with van der Waals surface area (Å²) in [5.74, 6) is -1.97. The summed E-state index contributed by atoms with van der Waals surface area (Å²) >= 11 is 0. The molecule has 6 nitrogen and oxygen atoms in total. The van der Waals surface area contributed by atoms with Crippen LogP contribution < -0.4 is 5.32 Å². The Kier molecular flexibility index (Phi) is 7.70. The predicted octanol–water partition coefficient (Wildman–Crippen LogP) is 4.10. The molecule has 1 aromatic carbocycles. The maximum absolute atomic E-state index is 13.7. The summed E-state index contributed by atoms with van der Waals surface area (Å²) < 4.78 is 19.6. The number of ether oxygens (including phenoxy) is 1. The predicted molar refractivity (Wildman–Crippen MR) is 122 cm³/mol. The van der Waals surface area contributed by atoms with Crippen LogP contribution in [-0.2, 0) is 28.8 Å². The van der Waals surface area contributed by atoms with Crippen LogP contribution in [0.25, 0.3) is 0 Å². The Morgan fingerprint density at radius 2 is 1.94 bits per heavy atom. The van der Waals surface area contributed by atoms with Gasteiger partial charge in [0.25, 0.3) is 5.91 Å². The maximum Gasteiger partial charge on any atom is 0.326 e. The Morgan fingerprint density at radius 1 is 1.15 bits per heavy atom. The van der Waals surface area contributed by atoms with Gasteiger partial charge in [-0.3, -0.25) is 9.78 Å². The SMILES string of the molecule is O=C(NC(CCOC1CC(CCc2ccc3c(n2)CCCC3)C1)C(=O)O)c1ccccc1F. The Balaban J connectivity index is 1.15. The molecule has 0 spiro atoms. The molecule has 0 aliphatic heterocycles. The fourth-order valence-corrected chi connectivity index (χ4v) is 4.66. The zero-order valence-corrected chi connectivity index (χ0v) is 18.8. The van der Waals surface area contributed by atoms with E-state index in [-0.39, 0.29) is 24.7 Å². The highest BCUT2D eigenvalue weighted by Gasteiger charge is 2.30. The number of hydrogen-bond donors (Lipinski definition) is 2. The summed E-state index contributed by atoms with van der Waals surface area (Å²) in [6.45, 7) is 0.234. The molecule has 2 aromatic rings. The molecule has 2 N–H and O–H groups in total. The Labute approximate surface area is 193 Å². The smallest absolute Gasteiger partial charge is 0.326 e. The minimum Gasteiger partial charge on any atom is -0.480 e. The molecule has 0 radical (unpaired) electrons. The molecule has 1 heterocycles. The second kappa shape index (κ2) is 10.9. The van der Waals surface area contributed by atoms with E-state index in [4.69, 9.17) is 9.72 Å². The van der Waals surface area contributed by atoms with E-state index in [2.05, 4.69) is 17.4 Å². The number of aryl methyl sites for hydroxylation is 3. The molecule has 33 heavy (non-hydrogen) atoms. The van der Waals surface area contributed by atoms with Crippen LogP contribution in [0, 0.1) is 11.7 Å². The van der Waals surface area contributed by atoms with E-state index < -0.39 is 23.7 Å². The average molecular weight is 455 g/mol. The van der Waals surface area contributed by atoms with Crippen molar-refractivity contribution >= 4 is 11.9 Å².